The van der Waals surface area contributed by atoms with Crippen LogP contribution in [0.4, 0.5) is 5.13 Å². The predicted molar refractivity (Wildman–Crippen MR) is 79.8 cm³/mol. The van der Waals surface area contributed by atoms with E-state index in [1.165, 1.54) is 22.6 Å². The summed E-state index contributed by atoms with van der Waals surface area (Å²) in [5.74, 6) is 0.267. The Balaban J connectivity index is 1.83. The van der Waals surface area contributed by atoms with Gasteiger partial charge in [0, 0.05) is 17.3 Å². The second-order valence-electron chi connectivity index (χ2n) is 5.22. The van der Waals surface area contributed by atoms with Gasteiger partial charge in [0.15, 0.2) is 10.8 Å². The van der Waals surface area contributed by atoms with Gasteiger partial charge >= 0.3 is 0 Å². The van der Waals surface area contributed by atoms with E-state index < -0.39 is 0 Å². The number of pyridine rings is 1. The van der Waals surface area contributed by atoms with Crippen LogP contribution >= 0.6 is 11.3 Å². The van der Waals surface area contributed by atoms with Gasteiger partial charge in [-0.25, -0.2) is 4.98 Å². The third-order valence-corrected chi connectivity index (χ3v) is 4.64. The van der Waals surface area contributed by atoms with Crippen molar-refractivity contribution in [3.05, 3.63) is 40.8 Å². The van der Waals surface area contributed by atoms with Crippen LogP contribution in [0.15, 0.2) is 24.0 Å². The van der Waals surface area contributed by atoms with E-state index >= 15 is 0 Å². The number of hydrogen-bond donors (Lipinski definition) is 1. The summed E-state index contributed by atoms with van der Waals surface area (Å²) in [6, 6.07) is 1.96. The molecule has 0 saturated heterocycles. The van der Waals surface area contributed by atoms with Crippen LogP contribution in [0.2, 0.25) is 0 Å². The van der Waals surface area contributed by atoms with Gasteiger partial charge < -0.3 is 0 Å². The average Bonchev–Trinajstić information content (AvgIpc) is 3.18. The second kappa shape index (κ2) is 4.63. The summed E-state index contributed by atoms with van der Waals surface area (Å²) >= 11 is 1.39. The topological polar surface area (TPSA) is 72.2 Å². The summed E-state index contributed by atoms with van der Waals surface area (Å²) in [6.07, 6.45) is 5.45. The summed E-state index contributed by atoms with van der Waals surface area (Å²) < 4.78 is 1.94. The number of nitrogens with zero attached hydrogens (tertiary/aromatic N) is 4. The van der Waals surface area contributed by atoms with Crippen LogP contribution in [0.3, 0.4) is 0 Å². The van der Waals surface area contributed by atoms with Crippen LogP contribution < -0.4 is 5.32 Å². The first kappa shape index (κ1) is 12.5. The van der Waals surface area contributed by atoms with Crippen LogP contribution in [0, 0.1) is 0 Å². The van der Waals surface area contributed by atoms with Crippen molar-refractivity contribution < 1.29 is 4.79 Å². The Morgan fingerprint density at radius 1 is 1.52 bits per heavy atom. The molecule has 0 fully saturated rings. The molecule has 0 aromatic carbocycles. The van der Waals surface area contributed by atoms with E-state index in [1.807, 2.05) is 15.8 Å². The molecule has 0 radical (unpaired) electrons. The molecule has 106 valence electrons. The molecule has 7 heteroatoms. The molecule has 3 heterocycles. The molecular weight excluding hydrogens is 286 g/mol. The Morgan fingerprint density at radius 2 is 2.43 bits per heavy atom. The fraction of sp³-hybridized carbons (Fsp3) is 0.286. The van der Waals surface area contributed by atoms with Gasteiger partial charge in [-0.05, 0) is 30.4 Å². The number of aryl methyl sites for hydroxylation is 1. The van der Waals surface area contributed by atoms with Crippen molar-refractivity contribution in [2.24, 2.45) is 0 Å². The van der Waals surface area contributed by atoms with E-state index in [0.29, 0.717) is 22.3 Å². The quantitative estimate of drug-likeness (QED) is 0.789. The number of carbonyl (C=O) groups is 1. The number of hydrogen-bond acceptors (Lipinski definition) is 5. The molecular formula is C14H13N5OS. The SMILES string of the molecule is CC1CCc2c1cc(C(=O)Nc1nccs1)c1nncn21. The summed E-state index contributed by atoms with van der Waals surface area (Å²) in [4.78, 5) is 16.6. The first-order chi connectivity index (χ1) is 10.2. The molecule has 3 aromatic rings. The molecule has 4 rings (SSSR count). The van der Waals surface area contributed by atoms with Crippen LogP contribution in [-0.4, -0.2) is 25.5 Å². The first-order valence-electron chi connectivity index (χ1n) is 6.80. The van der Waals surface area contributed by atoms with Crippen LogP contribution in [0.5, 0.6) is 0 Å². The van der Waals surface area contributed by atoms with Crippen molar-refractivity contribution >= 4 is 28.0 Å². The third-order valence-electron chi connectivity index (χ3n) is 3.95. The number of anilines is 1. The van der Waals surface area contributed by atoms with Crippen LogP contribution in [0.25, 0.3) is 5.65 Å². The number of fused-ring (bicyclic) bond motifs is 3. The van der Waals surface area contributed by atoms with E-state index in [-0.39, 0.29) is 5.91 Å². The lowest BCUT2D eigenvalue weighted by molar-refractivity contribution is 0.102. The van der Waals surface area contributed by atoms with Gasteiger partial charge in [-0.2, -0.15) is 0 Å². The lowest BCUT2D eigenvalue weighted by atomic mass is 10.0. The number of carbonyl (C=O) groups excluding carboxylic acids is 1. The third kappa shape index (κ3) is 1.92. The number of aromatic nitrogens is 4. The zero-order chi connectivity index (χ0) is 14.4. The van der Waals surface area contributed by atoms with E-state index in [0.717, 1.165) is 12.8 Å². The fourth-order valence-corrected chi connectivity index (χ4v) is 3.40. The first-order valence-corrected chi connectivity index (χ1v) is 7.68. The standard InChI is InChI=1S/C14H13N5OS/c1-8-2-3-11-9(8)6-10(12-18-16-7-19(11)12)13(20)17-14-15-4-5-21-14/h4-8H,2-3H2,1H3,(H,15,17,20). The van der Waals surface area contributed by atoms with Gasteiger partial charge in [-0.15, -0.1) is 21.5 Å². The molecule has 0 saturated carbocycles. The normalized spacial score (nSPS) is 17.1. The van der Waals surface area contributed by atoms with Crippen molar-refractivity contribution in [2.75, 3.05) is 5.32 Å². The van der Waals surface area contributed by atoms with Crippen molar-refractivity contribution in [2.45, 2.75) is 25.7 Å². The highest BCUT2D eigenvalue weighted by atomic mass is 32.1. The summed E-state index contributed by atoms with van der Waals surface area (Å²) in [6.45, 7) is 2.19. The molecule has 21 heavy (non-hydrogen) atoms. The maximum atomic E-state index is 12.5. The molecule has 1 unspecified atom stereocenters. The molecule has 1 aliphatic carbocycles. The Bertz CT molecular complexity index is 823. The van der Waals surface area contributed by atoms with Crippen molar-refractivity contribution in [3.63, 3.8) is 0 Å². The molecule has 0 spiro atoms. The predicted octanol–water partition coefficient (Wildman–Crippen LogP) is 2.49. The molecule has 1 atom stereocenters. The maximum Gasteiger partial charge on any atom is 0.261 e. The minimum absolute atomic E-state index is 0.190. The van der Waals surface area contributed by atoms with Crippen LogP contribution in [0.1, 0.15) is 40.9 Å². The molecule has 1 N–H and O–H groups in total. The van der Waals surface area contributed by atoms with Gasteiger partial charge in [0.2, 0.25) is 0 Å². The van der Waals surface area contributed by atoms with Gasteiger partial charge in [0.25, 0.3) is 5.91 Å². The van der Waals surface area contributed by atoms with E-state index in [9.17, 15) is 4.79 Å². The van der Waals surface area contributed by atoms with Crippen molar-refractivity contribution in [3.8, 4) is 0 Å². The Labute approximate surface area is 124 Å². The average molecular weight is 299 g/mol. The Hall–Kier alpha value is -2.28. The minimum atomic E-state index is -0.190. The highest BCUT2D eigenvalue weighted by Gasteiger charge is 2.25. The molecule has 0 aliphatic heterocycles. The van der Waals surface area contributed by atoms with Crippen molar-refractivity contribution in [1.29, 1.82) is 0 Å². The lowest BCUT2D eigenvalue weighted by Crippen LogP contribution is -2.14. The molecule has 1 amide bonds. The summed E-state index contributed by atoms with van der Waals surface area (Å²) in [5.41, 5.74) is 3.59. The van der Waals surface area contributed by atoms with E-state index in [2.05, 4.69) is 27.4 Å². The Kier molecular flexibility index (Phi) is 2.75. The number of thiazole rings is 1. The van der Waals surface area contributed by atoms with Gasteiger partial charge in [-0.1, -0.05) is 6.92 Å². The number of amides is 1. The van der Waals surface area contributed by atoms with Gasteiger partial charge in [-0.3, -0.25) is 14.5 Å². The van der Waals surface area contributed by atoms with Gasteiger partial charge in [0.05, 0.1) is 5.56 Å². The smallest absolute Gasteiger partial charge is 0.261 e. The van der Waals surface area contributed by atoms with Gasteiger partial charge in [0.1, 0.15) is 6.33 Å². The zero-order valence-corrected chi connectivity index (χ0v) is 12.2. The van der Waals surface area contributed by atoms with E-state index in [4.69, 9.17) is 0 Å². The fourth-order valence-electron chi connectivity index (χ4n) is 2.88. The maximum absolute atomic E-state index is 12.5. The number of rotatable bonds is 2. The molecule has 6 nitrogen and oxygen atoms in total. The zero-order valence-electron chi connectivity index (χ0n) is 11.4. The second-order valence-corrected chi connectivity index (χ2v) is 6.11. The highest BCUT2D eigenvalue weighted by molar-refractivity contribution is 7.13. The Morgan fingerprint density at radius 3 is 3.24 bits per heavy atom. The lowest BCUT2D eigenvalue weighted by Gasteiger charge is -2.10. The highest BCUT2D eigenvalue weighted by Crippen LogP contribution is 2.34. The molecule has 1 aliphatic rings. The van der Waals surface area contributed by atoms with Crippen molar-refractivity contribution in [1.82, 2.24) is 19.6 Å². The van der Waals surface area contributed by atoms with Crippen LogP contribution in [-0.2, 0) is 6.42 Å². The minimum Gasteiger partial charge on any atom is -0.298 e. The number of nitrogens with one attached hydrogen (secondary N) is 1. The molecule has 3 aromatic heterocycles. The monoisotopic (exact) mass is 299 g/mol. The van der Waals surface area contributed by atoms with E-state index in [1.54, 1.807) is 12.5 Å². The largest absolute Gasteiger partial charge is 0.298 e. The summed E-state index contributed by atoms with van der Waals surface area (Å²) in [5, 5.41) is 13.3. The molecule has 0 bridgehead atoms. The summed E-state index contributed by atoms with van der Waals surface area (Å²) in [7, 11) is 0.